The van der Waals surface area contributed by atoms with E-state index in [2.05, 4.69) is 53.4 Å². The molecule has 6 nitrogen and oxygen atoms in total. The van der Waals surface area contributed by atoms with Gasteiger partial charge in [-0.25, -0.2) is 4.79 Å². The number of carbonyl (C=O) groups is 2. The SMILES string of the molecule is CC(C)(CCN(Cc1ccc(C(=O)O)cc1)CC(OCc1ccc(CCc2ccccc2)cc1)c1cccc(Cl)c1)CC(=O)O. The Morgan fingerprint density at radius 1 is 0.800 bits per heavy atom. The van der Waals surface area contributed by atoms with E-state index in [1.165, 1.54) is 11.1 Å². The molecular weight excluding hydrogens is 586 g/mol. The second-order valence-corrected chi connectivity index (χ2v) is 12.8. The Morgan fingerprint density at radius 3 is 2.04 bits per heavy atom. The number of hydrogen-bond donors (Lipinski definition) is 2. The average Bonchev–Trinajstić information content (AvgIpc) is 3.01. The quantitative estimate of drug-likeness (QED) is 0.122. The minimum Gasteiger partial charge on any atom is -0.481 e. The maximum Gasteiger partial charge on any atom is 0.335 e. The van der Waals surface area contributed by atoms with Crippen molar-refractivity contribution >= 4 is 23.5 Å². The number of benzene rings is 4. The second-order valence-electron chi connectivity index (χ2n) is 12.4. The first-order valence-corrected chi connectivity index (χ1v) is 15.7. The highest BCUT2D eigenvalue weighted by atomic mass is 35.5. The van der Waals surface area contributed by atoms with Crippen molar-refractivity contribution in [3.63, 3.8) is 0 Å². The van der Waals surface area contributed by atoms with Gasteiger partial charge in [0.25, 0.3) is 0 Å². The number of nitrogens with zero attached hydrogens (tertiary/aromatic N) is 1. The second kappa shape index (κ2) is 16.4. The molecule has 0 saturated heterocycles. The molecule has 236 valence electrons. The van der Waals surface area contributed by atoms with Crippen LogP contribution in [0.5, 0.6) is 0 Å². The van der Waals surface area contributed by atoms with Gasteiger partial charge in [0, 0.05) is 18.1 Å². The highest BCUT2D eigenvalue weighted by Gasteiger charge is 2.25. The number of carboxylic acid groups (broad SMARTS) is 2. The summed E-state index contributed by atoms with van der Waals surface area (Å²) < 4.78 is 6.58. The van der Waals surface area contributed by atoms with Crippen molar-refractivity contribution in [1.29, 1.82) is 0 Å². The number of ether oxygens (including phenoxy) is 1. The number of rotatable bonds is 17. The number of hydrogen-bond acceptors (Lipinski definition) is 4. The van der Waals surface area contributed by atoms with Crippen LogP contribution in [-0.4, -0.2) is 40.1 Å². The monoisotopic (exact) mass is 627 g/mol. The molecule has 0 fully saturated rings. The minimum absolute atomic E-state index is 0.0731. The van der Waals surface area contributed by atoms with Gasteiger partial charge >= 0.3 is 11.9 Å². The molecule has 1 atom stereocenters. The van der Waals surface area contributed by atoms with Gasteiger partial charge < -0.3 is 14.9 Å². The van der Waals surface area contributed by atoms with Crippen LogP contribution in [0.1, 0.15) is 71.0 Å². The molecule has 0 aliphatic carbocycles. The van der Waals surface area contributed by atoms with E-state index < -0.39 is 17.4 Å². The van der Waals surface area contributed by atoms with Crippen LogP contribution in [0.15, 0.2) is 103 Å². The fourth-order valence-corrected chi connectivity index (χ4v) is 5.53. The van der Waals surface area contributed by atoms with Gasteiger partial charge in [-0.2, -0.15) is 0 Å². The summed E-state index contributed by atoms with van der Waals surface area (Å²) >= 11 is 6.40. The lowest BCUT2D eigenvalue weighted by atomic mass is 9.85. The molecule has 4 rings (SSSR count). The van der Waals surface area contributed by atoms with Crippen LogP contribution in [0.4, 0.5) is 0 Å². The number of halogens is 1. The third-order valence-corrected chi connectivity index (χ3v) is 8.24. The largest absolute Gasteiger partial charge is 0.481 e. The van der Waals surface area contributed by atoms with Gasteiger partial charge in [-0.3, -0.25) is 9.69 Å². The standard InChI is InChI=1S/C38H42ClNO5/c1-38(2,24-36(41)42)21-22-40(25-30-17-19-32(20-18-30)37(43)44)26-35(33-9-6-10-34(39)23-33)45-27-31-15-13-29(14-16-31)12-11-28-7-4-3-5-8-28/h3-10,13-20,23,35H,11-12,21-22,24-27H2,1-2H3,(H,41,42)(H,43,44). The molecular formula is C38H42ClNO5. The van der Waals surface area contributed by atoms with Gasteiger partial charge in [-0.05, 0) is 83.3 Å². The Hall–Kier alpha value is -3.97. The Bertz CT molecular complexity index is 1520. The molecule has 0 bridgehead atoms. The van der Waals surface area contributed by atoms with E-state index in [4.69, 9.17) is 16.3 Å². The van der Waals surface area contributed by atoms with Crippen molar-refractivity contribution in [3.8, 4) is 0 Å². The highest BCUT2D eigenvalue weighted by Crippen LogP contribution is 2.28. The van der Waals surface area contributed by atoms with Crippen LogP contribution in [0.25, 0.3) is 0 Å². The summed E-state index contributed by atoms with van der Waals surface area (Å²) in [6, 6.07) is 33.6. The van der Waals surface area contributed by atoms with Crippen molar-refractivity contribution in [2.24, 2.45) is 5.41 Å². The van der Waals surface area contributed by atoms with Crippen LogP contribution in [0, 0.1) is 5.41 Å². The molecule has 0 saturated carbocycles. The van der Waals surface area contributed by atoms with E-state index in [9.17, 15) is 19.8 Å². The van der Waals surface area contributed by atoms with Gasteiger partial charge in [0.1, 0.15) is 0 Å². The fraction of sp³-hybridized carbons (Fsp3) is 0.316. The predicted molar refractivity (Wildman–Crippen MR) is 179 cm³/mol. The van der Waals surface area contributed by atoms with Crippen molar-refractivity contribution in [3.05, 3.63) is 142 Å². The summed E-state index contributed by atoms with van der Waals surface area (Å²) in [4.78, 5) is 25.1. The van der Waals surface area contributed by atoms with Gasteiger partial charge in [-0.15, -0.1) is 0 Å². The molecule has 1 unspecified atom stereocenters. The van der Waals surface area contributed by atoms with Crippen LogP contribution in [-0.2, 0) is 35.5 Å². The van der Waals surface area contributed by atoms with Crippen molar-refractivity contribution in [2.45, 2.75) is 58.8 Å². The van der Waals surface area contributed by atoms with Crippen LogP contribution >= 0.6 is 11.6 Å². The summed E-state index contributed by atoms with van der Waals surface area (Å²) in [5, 5.41) is 19.4. The topological polar surface area (TPSA) is 87.1 Å². The number of aromatic carboxylic acids is 1. The van der Waals surface area contributed by atoms with Crippen molar-refractivity contribution in [1.82, 2.24) is 4.90 Å². The molecule has 0 aromatic heterocycles. The molecule has 0 aliphatic rings. The third-order valence-electron chi connectivity index (χ3n) is 8.01. The summed E-state index contributed by atoms with van der Waals surface area (Å²) in [5.41, 5.74) is 5.43. The Balaban J connectivity index is 1.49. The number of aryl methyl sites for hydroxylation is 2. The third kappa shape index (κ3) is 11.5. The first-order valence-electron chi connectivity index (χ1n) is 15.3. The molecule has 4 aromatic rings. The molecule has 4 aromatic carbocycles. The molecule has 45 heavy (non-hydrogen) atoms. The Morgan fingerprint density at radius 2 is 1.42 bits per heavy atom. The van der Waals surface area contributed by atoms with Gasteiger partial charge in [0.2, 0.25) is 0 Å². The van der Waals surface area contributed by atoms with Gasteiger partial charge in [0.15, 0.2) is 0 Å². The average molecular weight is 628 g/mol. The lowest BCUT2D eigenvalue weighted by molar-refractivity contribution is -0.139. The maximum absolute atomic E-state index is 11.5. The van der Waals surface area contributed by atoms with E-state index in [1.807, 2.05) is 56.3 Å². The Labute approximate surface area is 271 Å². The minimum atomic E-state index is -0.965. The zero-order valence-corrected chi connectivity index (χ0v) is 26.7. The van der Waals surface area contributed by atoms with Gasteiger partial charge in [-0.1, -0.05) is 104 Å². The lowest BCUT2D eigenvalue weighted by Gasteiger charge is -2.31. The summed E-state index contributed by atoms with van der Waals surface area (Å²) in [5.74, 6) is -1.78. The van der Waals surface area contributed by atoms with Crippen molar-refractivity contribution < 1.29 is 24.5 Å². The summed E-state index contributed by atoms with van der Waals surface area (Å²) in [6.07, 6.45) is 2.40. The van der Waals surface area contributed by atoms with E-state index in [0.29, 0.717) is 37.7 Å². The molecule has 0 heterocycles. The smallest absolute Gasteiger partial charge is 0.335 e. The molecule has 0 amide bonds. The molecule has 0 spiro atoms. The zero-order valence-electron chi connectivity index (χ0n) is 26.0. The first-order chi connectivity index (χ1) is 21.6. The predicted octanol–water partition coefficient (Wildman–Crippen LogP) is 8.47. The highest BCUT2D eigenvalue weighted by molar-refractivity contribution is 6.30. The lowest BCUT2D eigenvalue weighted by Crippen LogP contribution is -2.33. The molecule has 0 radical (unpaired) electrons. The summed E-state index contributed by atoms with van der Waals surface area (Å²) in [7, 11) is 0. The van der Waals surface area contributed by atoms with Gasteiger partial charge in [0.05, 0.1) is 24.7 Å². The van der Waals surface area contributed by atoms with E-state index >= 15 is 0 Å². The Kier molecular flexibility index (Phi) is 12.3. The molecule has 0 aliphatic heterocycles. The fourth-order valence-electron chi connectivity index (χ4n) is 5.33. The summed E-state index contributed by atoms with van der Waals surface area (Å²) in [6.45, 7) is 6.09. The maximum atomic E-state index is 11.5. The van der Waals surface area contributed by atoms with E-state index in [0.717, 1.165) is 29.5 Å². The molecule has 7 heteroatoms. The van der Waals surface area contributed by atoms with Crippen LogP contribution in [0.3, 0.4) is 0 Å². The zero-order chi connectivity index (χ0) is 32.2. The van der Waals surface area contributed by atoms with E-state index in [-0.39, 0.29) is 18.1 Å². The van der Waals surface area contributed by atoms with Crippen LogP contribution in [0.2, 0.25) is 5.02 Å². The first kappa shape index (κ1) is 33.9. The van der Waals surface area contributed by atoms with Crippen molar-refractivity contribution in [2.75, 3.05) is 13.1 Å². The normalized spacial score (nSPS) is 12.3. The molecule has 2 N–H and O–H groups in total. The van der Waals surface area contributed by atoms with E-state index in [1.54, 1.807) is 12.1 Å². The van der Waals surface area contributed by atoms with Crippen LogP contribution < -0.4 is 0 Å². The number of carboxylic acids is 2. The number of aliphatic carboxylic acids is 1.